The Morgan fingerprint density at radius 3 is 2.50 bits per heavy atom. The minimum atomic E-state index is 0.226. The fourth-order valence-electron chi connectivity index (χ4n) is 2.91. The molecule has 4 heteroatoms. The number of rotatable bonds is 4. The first kappa shape index (κ1) is 17.5. The minimum Gasteiger partial charge on any atom is -0.493 e. The number of nitrogens with zero attached hydrogens (tertiary/aromatic N) is 2. The summed E-state index contributed by atoms with van der Waals surface area (Å²) in [7, 11) is 0. The van der Waals surface area contributed by atoms with E-state index in [1.54, 1.807) is 0 Å². The van der Waals surface area contributed by atoms with Gasteiger partial charge >= 0.3 is 0 Å². The lowest BCUT2D eigenvalue weighted by Gasteiger charge is -2.14. The smallest absolute Gasteiger partial charge is 0.142 e. The zero-order chi connectivity index (χ0) is 18.7. The van der Waals surface area contributed by atoms with Crippen molar-refractivity contribution >= 4 is 5.82 Å². The van der Waals surface area contributed by atoms with E-state index in [4.69, 9.17) is 10.5 Å². The lowest BCUT2D eigenvalue weighted by atomic mass is 9.96. The van der Waals surface area contributed by atoms with E-state index in [0.29, 0.717) is 12.2 Å². The topological polar surface area (TPSA) is 71.9 Å². The van der Waals surface area contributed by atoms with E-state index >= 15 is 0 Å². The number of para-hydroxylation sites is 1. The molecule has 0 aliphatic rings. The number of hydrogen-bond acceptors (Lipinski definition) is 4. The highest BCUT2D eigenvalue weighted by Gasteiger charge is 2.16. The minimum absolute atomic E-state index is 0.226. The second-order valence-corrected chi connectivity index (χ2v) is 6.16. The highest BCUT2D eigenvalue weighted by atomic mass is 16.5. The second kappa shape index (κ2) is 7.28. The van der Waals surface area contributed by atoms with Gasteiger partial charge in [0.1, 0.15) is 23.2 Å². The number of pyridine rings is 1. The molecule has 0 aliphatic carbocycles. The maximum atomic E-state index is 9.61. The summed E-state index contributed by atoms with van der Waals surface area (Å²) in [5.74, 6) is 0.952. The molecule has 3 rings (SSSR count). The van der Waals surface area contributed by atoms with Gasteiger partial charge in [-0.2, -0.15) is 5.26 Å². The summed E-state index contributed by atoms with van der Waals surface area (Å²) >= 11 is 0. The van der Waals surface area contributed by atoms with Gasteiger partial charge in [0.25, 0.3) is 0 Å². The maximum absolute atomic E-state index is 9.61. The normalized spacial score (nSPS) is 10.4. The molecule has 1 aromatic heterocycles. The van der Waals surface area contributed by atoms with Crippen molar-refractivity contribution in [1.29, 1.82) is 5.26 Å². The van der Waals surface area contributed by atoms with Crippen LogP contribution in [0, 0.1) is 25.2 Å². The van der Waals surface area contributed by atoms with Crippen molar-refractivity contribution in [3.05, 3.63) is 65.2 Å². The number of aromatic nitrogens is 1. The number of anilines is 1. The first-order chi connectivity index (χ1) is 12.5. The Balaban J connectivity index is 2.24. The van der Waals surface area contributed by atoms with Gasteiger partial charge in [-0.1, -0.05) is 30.3 Å². The van der Waals surface area contributed by atoms with Crippen LogP contribution in [0.15, 0.2) is 48.5 Å². The molecule has 0 amide bonds. The number of benzene rings is 2. The molecule has 2 N–H and O–H groups in total. The van der Waals surface area contributed by atoms with Crippen molar-refractivity contribution in [1.82, 2.24) is 4.98 Å². The van der Waals surface area contributed by atoms with Crippen LogP contribution in [0.1, 0.15) is 23.6 Å². The Hall–Kier alpha value is -3.32. The standard InChI is InChI=1S/C22H21N3O/c1-4-26-21-8-6-5-7-17(21)18-12-20(25-22(24)19(18)13-23)16-10-9-14(2)15(3)11-16/h5-12H,4H2,1-3H3,(H2,24,25). The molecule has 0 saturated heterocycles. The highest BCUT2D eigenvalue weighted by molar-refractivity contribution is 5.83. The van der Waals surface area contributed by atoms with Gasteiger partial charge in [-0.25, -0.2) is 4.98 Å². The summed E-state index contributed by atoms with van der Waals surface area (Å²) < 4.78 is 5.74. The molecule has 3 aromatic rings. The predicted octanol–water partition coefficient (Wildman–Crippen LogP) is 4.89. The summed E-state index contributed by atoms with van der Waals surface area (Å²) in [4.78, 5) is 4.46. The van der Waals surface area contributed by atoms with E-state index in [-0.39, 0.29) is 5.82 Å². The largest absolute Gasteiger partial charge is 0.493 e. The van der Waals surface area contributed by atoms with Gasteiger partial charge in [0, 0.05) is 16.7 Å². The SMILES string of the molecule is CCOc1ccccc1-c1cc(-c2ccc(C)c(C)c2)nc(N)c1C#N. The quantitative estimate of drug-likeness (QED) is 0.732. The molecule has 130 valence electrons. The lowest BCUT2D eigenvalue weighted by Crippen LogP contribution is -2.01. The molecule has 0 atom stereocenters. The van der Waals surface area contributed by atoms with E-state index < -0.39 is 0 Å². The zero-order valence-corrected chi connectivity index (χ0v) is 15.2. The van der Waals surface area contributed by atoms with Crippen LogP contribution in [-0.4, -0.2) is 11.6 Å². The Morgan fingerprint density at radius 1 is 1.04 bits per heavy atom. The summed E-state index contributed by atoms with van der Waals surface area (Å²) in [5, 5.41) is 9.61. The first-order valence-electron chi connectivity index (χ1n) is 8.55. The Kier molecular flexibility index (Phi) is 4.90. The van der Waals surface area contributed by atoms with Crippen LogP contribution in [0.4, 0.5) is 5.82 Å². The number of aryl methyl sites for hydroxylation is 2. The van der Waals surface area contributed by atoms with Crippen LogP contribution >= 0.6 is 0 Å². The molecule has 0 spiro atoms. The Labute approximate surface area is 153 Å². The summed E-state index contributed by atoms with van der Waals surface area (Å²) in [6, 6.07) is 17.9. The fraction of sp³-hybridized carbons (Fsp3) is 0.182. The van der Waals surface area contributed by atoms with Crippen molar-refractivity contribution in [2.75, 3.05) is 12.3 Å². The van der Waals surface area contributed by atoms with E-state index in [0.717, 1.165) is 28.1 Å². The monoisotopic (exact) mass is 343 g/mol. The molecule has 1 heterocycles. The molecule has 4 nitrogen and oxygen atoms in total. The van der Waals surface area contributed by atoms with Crippen LogP contribution in [0.25, 0.3) is 22.4 Å². The lowest BCUT2D eigenvalue weighted by molar-refractivity contribution is 0.341. The molecule has 26 heavy (non-hydrogen) atoms. The molecule has 0 fully saturated rings. The summed E-state index contributed by atoms with van der Waals surface area (Å²) in [5.41, 5.74) is 12.2. The van der Waals surface area contributed by atoms with Crippen LogP contribution in [0.5, 0.6) is 5.75 Å². The number of hydrogen-bond donors (Lipinski definition) is 1. The van der Waals surface area contributed by atoms with Crippen LogP contribution in [0.3, 0.4) is 0 Å². The molecule has 0 radical (unpaired) electrons. The van der Waals surface area contributed by atoms with Crippen LogP contribution < -0.4 is 10.5 Å². The van der Waals surface area contributed by atoms with Crippen LogP contribution in [-0.2, 0) is 0 Å². The third kappa shape index (κ3) is 3.25. The van der Waals surface area contributed by atoms with Crippen molar-refractivity contribution in [3.8, 4) is 34.2 Å². The van der Waals surface area contributed by atoms with Crippen molar-refractivity contribution in [2.45, 2.75) is 20.8 Å². The van der Waals surface area contributed by atoms with Crippen LogP contribution in [0.2, 0.25) is 0 Å². The zero-order valence-electron chi connectivity index (χ0n) is 15.2. The molecular weight excluding hydrogens is 322 g/mol. The van der Waals surface area contributed by atoms with E-state index in [2.05, 4.69) is 37.0 Å². The van der Waals surface area contributed by atoms with E-state index in [1.807, 2.05) is 43.3 Å². The van der Waals surface area contributed by atoms with Crippen molar-refractivity contribution in [3.63, 3.8) is 0 Å². The van der Waals surface area contributed by atoms with Gasteiger partial charge in [-0.3, -0.25) is 0 Å². The molecule has 0 bridgehead atoms. The predicted molar refractivity (Wildman–Crippen MR) is 105 cm³/mol. The van der Waals surface area contributed by atoms with Crippen molar-refractivity contribution < 1.29 is 4.74 Å². The van der Waals surface area contributed by atoms with Gasteiger partial charge in [-0.05, 0) is 50.1 Å². The Bertz CT molecular complexity index is 1000. The molecular formula is C22H21N3O. The number of nitrogen functional groups attached to an aromatic ring is 1. The Morgan fingerprint density at radius 2 is 1.81 bits per heavy atom. The van der Waals surface area contributed by atoms with Gasteiger partial charge in [0.2, 0.25) is 0 Å². The molecule has 0 saturated carbocycles. The average Bonchev–Trinajstić information content (AvgIpc) is 2.64. The number of ether oxygens (including phenoxy) is 1. The second-order valence-electron chi connectivity index (χ2n) is 6.16. The van der Waals surface area contributed by atoms with Crippen molar-refractivity contribution in [2.24, 2.45) is 0 Å². The molecule has 0 aliphatic heterocycles. The number of nitriles is 1. The van der Waals surface area contributed by atoms with Gasteiger partial charge in [0.05, 0.1) is 12.3 Å². The maximum Gasteiger partial charge on any atom is 0.142 e. The van der Waals surface area contributed by atoms with Gasteiger partial charge in [0.15, 0.2) is 0 Å². The summed E-state index contributed by atoms with van der Waals surface area (Å²) in [6.07, 6.45) is 0. The van der Waals surface area contributed by atoms with Gasteiger partial charge in [-0.15, -0.1) is 0 Å². The van der Waals surface area contributed by atoms with Gasteiger partial charge < -0.3 is 10.5 Å². The third-order valence-corrected chi connectivity index (χ3v) is 4.44. The fourth-order valence-corrected chi connectivity index (χ4v) is 2.91. The third-order valence-electron chi connectivity index (χ3n) is 4.44. The summed E-state index contributed by atoms with van der Waals surface area (Å²) in [6.45, 7) is 6.62. The average molecular weight is 343 g/mol. The highest BCUT2D eigenvalue weighted by Crippen LogP contribution is 2.36. The van der Waals surface area contributed by atoms with E-state index in [9.17, 15) is 5.26 Å². The number of nitrogens with two attached hydrogens (primary N) is 1. The molecule has 0 unspecified atom stereocenters. The first-order valence-corrected chi connectivity index (χ1v) is 8.55. The van der Waals surface area contributed by atoms with E-state index in [1.165, 1.54) is 11.1 Å². The molecule has 2 aromatic carbocycles.